The van der Waals surface area contributed by atoms with Gasteiger partial charge in [-0.15, -0.1) is 0 Å². The van der Waals surface area contributed by atoms with Crippen molar-refractivity contribution in [1.82, 2.24) is 15.2 Å². The van der Waals surface area contributed by atoms with Crippen LogP contribution >= 0.6 is 0 Å². The molecule has 2 aromatic rings. The Kier molecular flexibility index (Phi) is 6.27. The van der Waals surface area contributed by atoms with Gasteiger partial charge < -0.3 is 0 Å². The van der Waals surface area contributed by atoms with Crippen molar-refractivity contribution in [2.45, 2.75) is 59.9 Å². The lowest BCUT2D eigenvalue weighted by Crippen LogP contribution is -2.32. The first-order chi connectivity index (χ1) is 13.4. The minimum atomic E-state index is -0.366. The molecule has 1 aliphatic rings. The van der Waals surface area contributed by atoms with E-state index in [4.69, 9.17) is 0 Å². The third kappa shape index (κ3) is 4.16. The molecular weight excluding hydrogens is 352 g/mol. The Morgan fingerprint density at radius 1 is 1.29 bits per heavy atom. The van der Waals surface area contributed by atoms with Gasteiger partial charge in [-0.05, 0) is 43.6 Å². The van der Waals surface area contributed by atoms with E-state index in [9.17, 15) is 9.59 Å². The summed E-state index contributed by atoms with van der Waals surface area (Å²) in [5.41, 5.74) is 3.87. The van der Waals surface area contributed by atoms with Crippen LogP contribution in [0.2, 0.25) is 0 Å². The highest BCUT2D eigenvalue weighted by atomic mass is 16.2. The van der Waals surface area contributed by atoms with E-state index in [0.29, 0.717) is 35.1 Å². The summed E-state index contributed by atoms with van der Waals surface area (Å²) in [6.07, 6.45) is 3.98. The molecule has 1 N–H and O–H groups in total. The zero-order valence-electron chi connectivity index (χ0n) is 17.2. The van der Waals surface area contributed by atoms with Crippen molar-refractivity contribution in [1.29, 1.82) is 0 Å². The molecule has 1 amide bonds. The lowest BCUT2D eigenvalue weighted by Gasteiger charge is -2.30. The molecule has 2 atom stereocenters. The van der Waals surface area contributed by atoms with Gasteiger partial charge in [-0.2, -0.15) is 10.2 Å². The fourth-order valence-corrected chi connectivity index (χ4v) is 4.03. The van der Waals surface area contributed by atoms with Crippen molar-refractivity contribution in [3.63, 3.8) is 0 Å². The zero-order valence-corrected chi connectivity index (χ0v) is 17.2. The summed E-state index contributed by atoms with van der Waals surface area (Å²) in [7, 11) is 0. The Balaban J connectivity index is 1.95. The van der Waals surface area contributed by atoms with E-state index in [1.54, 1.807) is 18.2 Å². The van der Waals surface area contributed by atoms with Crippen LogP contribution in [-0.4, -0.2) is 21.4 Å². The van der Waals surface area contributed by atoms with Gasteiger partial charge in [0.15, 0.2) is 5.69 Å². The number of nitrogens with zero attached hydrogens (tertiary/aromatic N) is 3. The molecule has 0 aliphatic heterocycles. The molecule has 6 nitrogen and oxygen atoms in total. The van der Waals surface area contributed by atoms with E-state index >= 15 is 0 Å². The van der Waals surface area contributed by atoms with Crippen molar-refractivity contribution in [3.05, 3.63) is 40.3 Å². The van der Waals surface area contributed by atoms with Gasteiger partial charge in [0.2, 0.25) is 0 Å². The molecule has 0 bridgehead atoms. The Morgan fingerprint density at radius 3 is 2.68 bits per heavy atom. The first-order valence-corrected chi connectivity index (χ1v) is 10.3. The molecular formula is C22H30N4O2. The van der Waals surface area contributed by atoms with Gasteiger partial charge in [0.25, 0.3) is 11.5 Å². The number of hydrogen-bond donors (Lipinski definition) is 1. The van der Waals surface area contributed by atoms with Crippen LogP contribution in [0.25, 0.3) is 10.8 Å². The molecule has 1 aliphatic carbocycles. The quantitative estimate of drug-likeness (QED) is 0.795. The SMILES string of the molecule is CCCn1nc(C(=O)N/N=C2/C[C@@H](C)CC[C@@H]2C(C)C)c2ccccc2c1=O. The van der Waals surface area contributed by atoms with E-state index in [0.717, 1.165) is 25.0 Å². The molecule has 1 fully saturated rings. The standard InChI is InChI=1S/C22H30N4O2/c1-5-12-26-22(28)18-9-7-6-8-17(18)20(25-26)21(27)24-23-19-13-15(4)10-11-16(19)14(2)3/h6-9,14-16H,5,10-13H2,1-4H3,(H,24,27)/b23-19-/t15-,16+/m0/s1. The van der Waals surface area contributed by atoms with Crippen molar-refractivity contribution in [2.75, 3.05) is 0 Å². The van der Waals surface area contributed by atoms with E-state index in [2.05, 4.69) is 36.4 Å². The first-order valence-electron chi connectivity index (χ1n) is 10.3. The summed E-state index contributed by atoms with van der Waals surface area (Å²) in [5, 5.41) is 9.93. The summed E-state index contributed by atoms with van der Waals surface area (Å²) >= 11 is 0. The normalized spacial score (nSPS) is 21.4. The summed E-state index contributed by atoms with van der Waals surface area (Å²) < 4.78 is 1.38. The third-order valence-corrected chi connectivity index (χ3v) is 5.58. The summed E-state index contributed by atoms with van der Waals surface area (Å²) in [6, 6.07) is 7.12. The summed E-state index contributed by atoms with van der Waals surface area (Å²) in [6.45, 7) is 9.09. The number of hydrogen-bond acceptors (Lipinski definition) is 4. The average molecular weight is 383 g/mol. The summed E-state index contributed by atoms with van der Waals surface area (Å²) in [4.78, 5) is 25.5. The second-order valence-electron chi connectivity index (χ2n) is 8.20. The molecule has 6 heteroatoms. The first kappa shape index (κ1) is 20.2. The zero-order chi connectivity index (χ0) is 20.3. The molecule has 1 aromatic heterocycles. The molecule has 0 spiro atoms. The Labute approximate surface area is 166 Å². The molecule has 1 saturated carbocycles. The fraction of sp³-hybridized carbons (Fsp3) is 0.545. The van der Waals surface area contributed by atoms with Crippen LogP contribution in [0, 0.1) is 17.8 Å². The minimum absolute atomic E-state index is 0.165. The van der Waals surface area contributed by atoms with E-state index in [-0.39, 0.29) is 17.2 Å². The van der Waals surface area contributed by atoms with Crippen molar-refractivity contribution in [2.24, 2.45) is 22.9 Å². The smallest absolute Gasteiger partial charge is 0.267 e. The predicted molar refractivity (Wildman–Crippen MR) is 113 cm³/mol. The van der Waals surface area contributed by atoms with Gasteiger partial charge in [0.1, 0.15) is 0 Å². The van der Waals surface area contributed by atoms with Crippen molar-refractivity contribution >= 4 is 22.4 Å². The number of nitrogens with one attached hydrogen (secondary N) is 1. The van der Waals surface area contributed by atoms with Gasteiger partial charge in [-0.1, -0.05) is 45.9 Å². The van der Waals surface area contributed by atoms with Gasteiger partial charge in [0, 0.05) is 23.6 Å². The second kappa shape index (κ2) is 8.67. The molecule has 28 heavy (non-hydrogen) atoms. The van der Waals surface area contributed by atoms with Gasteiger partial charge in [-0.3, -0.25) is 9.59 Å². The van der Waals surface area contributed by atoms with Crippen molar-refractivity contribution in [3.8, 4) is 0 Å². The Hall–Kier alpha value is -2.50. The molecule has 0 radical (unpaired) electrons. The van der Waals surface area contributed by atoms with E-state index in [1.165, 1.54) is 11.1 Å². The Bertz CT molecular complexity index is 945. The largest absolute Gasteiger partial charge is 0.292 e. The number of hydrazone groups is 1. The van der Waals surface area contributed by atoms with E-state index in [1.807, 2.05) is 13.0 Å². The molecule has 0 unspecified atom stereocenters. The van der Waals surface area contributed by atoms with Crippen LogP contribution in [0.5, 0.6) is 0 Å². The Morgan fingerprint density at radius 2 is 2.00 bits per heavy atom. The average Bonchev–Trinajstić information content (AvgIpc) is 2.68. The highest BCUT2D eigenvalue weighted by Gasteiger charge is 2.27. The minimum Gasteiger partial charge on any atom is -0.267 e. The number of rotatable bonds is 5. The number of aromatic nitrogens is 2. The number of aryl methyl sites for hydroxylation is 1. The number of benzene rings is 1. The van der Waals surface area contributed by atoms with Gasteiger partial charge in [-0.25, -0.2) is 10.1 Å². The third-order valence-electron chi connectivity index (χ3n) is 5.58. The number of carbonyl (C=O) groups is 1. The highest BCUT2D eigenvalue weighted by Crippen LogP contribution is 2.31. The van der Waals surface area contributed by atoms with Gasteiger partial charge in [0.05, 0.1) is 5.39 Å². The second-order valence-corrected chi connectivity index (χ2v) is 8.20. The van der Waals surface area contributed by atoms with Crippen LogP contribution in [0.15, 0.2) is 34.2 Å². The molecule has 1 aromatic carbocycles. The predicted octanol–water partition coefficient (Wildman–Crippen LogP) is 3.98. The van der Waals surface area contributed by atoms with Crippen LogP contribution in [0.1, 0.15) is 63.9 Å². The molecule has 3 rings (SSSR count). The van der Waals surface area contributed by atoms with Gasteiger partial charge >= 0.3 is 0 Å². The molecule has 0 saturated heterocycles. The van der Waals surface area contributed by atoms with E-state index < -0.39 is 0 Å². The fourth-order valence-electron chi connectivity index (χ4n) is 4.03. The monoisotopic (exact) mass is 382 g/mol. The number of amides is 1. The number of carbonyl (C=O) groups excluding carboxylic acids is 1. The van der Waals surface area contributed by atoms with Crippen LogP contribution in [0.3, 0.4) is 0 Å². The lowest BCUT2D eigenvalue weighted by molar-refractivity contribution is 0.0948. The highest BCUT2D eigenvalue weighted by molar-refractivity contribution is 6.05. The van der Waals surface area contributed by atoms with Crippen LogP contribution < -0.4 is 11.0 Å². The number of fused-ring (bicyclic) bond motifs is 1. The summed E-state index contributed by atoms with van der Waals surface area (Å²) in [5.74, 6) is 1.11. The maximum atomic E-state index is 12.9. The maximum absolute atomic E-state index is 12.9. The lowest BCUT2D eigenvalue weighted by atomic mass is 9.76. The topological polar surface area (TPSA) is 76.3 Å². The van der Waals surface area contributed by atoms with Crippen LogP contribution in [-0.2, 0) is 6.54 Å². The van der Waals surface area contributed by atoms with Crippen molar-refractivity contribution < 1.29 is 4.79 Å². The molecule has 1 heterocycles. The maximum Gasteiger partial charge on any atom is 0.292 e. The molecule has 150 valence electrons. The van der Waals surface area contributed by atoms with Crippen LogP contribution in [0.4, 0.5) is 0 Å².